The molecule has 23 heavy (non-hydrogen) atoms. The van der Waals surface area contributed by atoms with Gasteiger partial charge in [-0.05, 0) is 0 Å². The minimum atomic E-state index is -1.96. The van der Waals surface area contributed by atoms with E-state index in [9.17, 15) is 35.4 Å². The van der Waals surface area contributed by atoms with E-state index in [1.807, 2.05) is 0 Å². The van der Waals surface area contributed by atoms with Crippen LogP contribution >= 0.6 is 0 Å². The highest BCUT2D eigenvalue weighted by atomic mass is 16.7. The van der Waals surface area contributed by atoms with Crippen molar-refractivity contribution < 1.29 is 55.1 Å². The Morgan fingerprint density at radius 1 is 1.00 bits per heavy atom. The van der Waals surface area contributed by atoms with E-state index in [4.69, 9.17) is 19.7 Å². The van der Waals surface area contributed by atoms with Crippen molar-refractivity contribution in [1.82, 2.24) is 0 Å². The van der Waals surface area contributed by atoms with E-state index in [1.165, 1.54) is 0 Å². The molecule has 0 amide bonds. The largest absolute Gasteiger partial charge is 0.394 e. The maximum absolute atomic E-state index is 10.3. The summed E-state index contributed by atoms with van der Waals surface area (Å²) in [6.07, 6.45) is -15.3. The Kier molecular flexibility index (Phi) is 7.89. The highest BCUT2D eigenvalue weighted by Gasteiger charge is 2.44. The molecule has 0 aromatic rings. The minimum Gasteiger partial charge on any atom is -0.394 e. The fraction of sp³-hybridized carbons (Fsp3) is 0.917. The summed E-state index contributed by atoms with van der Waals surface area (Å²) in [5, 5.41) is 75.4. The number of aliphatic hydroxyl groups excluding tert-OH is 8. The van der Waals surface area contributed by atoms with E-state index < -0.39 is 68.3 Å². The van der Waals surface area contributed by atoms with Crippen LogP contribution in [0.25, 0.3) is 0 Å². The number of aldehydes is 1. The molecule has 0 radical (unpaired) electrons. The van der Waals surface area contributed by atoms with Gasteiger partial charge in [0, 0.05) is 0 Å². The molecule has 11 nitrogen and oxygen atoms in total. The molecule has 1 heterocycles. The maximum atomic E-state index is 10.3. The van der Waals surface area contributed by atoms with Gasteiger partial charge in [-0.2, -0.15) is 0 Å². The molecule has 0 aromatic carbocycles. The van der Waals surface area contributed by atoms with Crippen molar-refractivity contribution >= 4 is 6.29 Å². The fourth-order valence-electron chi connectivity index (χ4n) is 2.01. The lowest BCUT2D eigenvalue weighted by Crippen LogP contribution is -2.59. The molecule has 0 spiro atoms. The van der Waals surface area contributed by atoms with Crippen molar-refractivity contribution in [1.29, 1.82) is 0 Å². The average molecular weight is 342 g/mol. The van der Waals surface area contributed by atoms with Gasteiger partial charge in [0.1, 0.15) is 48.8 Å². The van der Waals surface area contributed by atoms with Gasteiger partial charge in [0.2, 0.25) is 0 Å². The Balaban J connectivity index is 2.57. The standard InChI is InChI=1S/C12H22O11/c13-1-4(15)7(17)8(18)5(16)3-22-12-11(21)10(20)9(19)6(2-14)23-12/h1,4-12,14-21H,2-3H2/t4-,5+,6-,7+,8+,9-,10+,11-,12-/m0/s1. The molecule has 1 aliphatic heterocycles. The van der Waals surface area contributed by atoms with Crippen molar-refractivity contribution in [3.63, 3.8) is 0 Å². The van der Waals surface area contributed by atoms with E-state index in [0.29, 0.717) is 0 Å². The van der Waals surface area contributed by atoms with Crippen LogP contribution in [0.15, 0.2) is 0 Å². The lowest BCUT2D eigenvalue weighted by molar-refractivity contribution is -0.306. The number of carbonyl (C=O) groups excluding carboxylic acids is 1. The molecular formula is C12H22O11. The topological polar surface area (TPSA) is 197 Å². The number of hydrogen-bond donors (Lipinski definition) is 8. The van der Waals surface area contributed by atoms with E-state index >= 15 is 0 Å². The highest BCUT2D eigenvalue weighted by Crippen LogP contribution is 2.22. The molecule has 1 rings (SSSR count). The van der Waals surface area contributed by atoms with E-state index in [2.05, 4.69) is 0 Å². The Hall–Kier alpha value is -0.730. The van der Waals surface area contributed by atoms with Crippen molar-refractivity contribution in [2.24, 2.45) is 0 Å². The van der Waals surface area contributed by atoms with Crippen molar-refractivity contribution in [2.45, 2.75) is 55.1 Å². The smallest absolute Gasteiger partial charge is 0.186 e. The van der Waals surface area contributed by atoms with Crippen LogP contribution in [-0.2, 0) is 14.3 Å². The minimum absolute atomic E-state index is 0.0287. The number of ether oxygens (including phenoxy) is 2. The summed E-state index contributed by atoms with van der Waals surface area (Å²) in [5.41, 5.74) is 0. The van der Waals surface area contributed by atoms with Gasteiger partial charge >= 0.3 is 0 Å². The predicted octanol–water partition coefficient (Wildman–Crippen LogP) is -5.55. The van der Waals surface area contributed by atoms with Crippen LogP contribution in [0.5, 0.6) is 0 Å². The van der Waals surface area contributed by atoms with Gasteiger partial charge in [0.05, 0.1) is 13.2 Å². The van der Waals surface area contributed by atoms with E-state index in [0.717, 1.165) is 0 Å². The first-order valence-electron chi connectivity index (χ1n) is 6.84. The molecule has 136 valence electrons. The van der Waals surface area contributed by atoms with Gasteiger partial charge in [-0.25, -0.2) is 0 Å². The Bertz CT molecular complexity index is 365. The molecule has 0 unspecified atom stereocenters. The van der Waals surface area contributed by atoms with Gasteiger partial charge < -0.3 is 55.1 Å². The van der Waals surface area contributed by atoms with Crippen LogP contribution < -0.4 is 0 Å². The third-order valence-electron chi connectivity index (χ3n) is 3.51. The van der Waals surface area contributed by atoms with Gasteiger partial charge in [0.15, 0.2) is 12.6 Å². The summed E-state index contributed by atoms with van der Waals surface area (Å²) in [7, 11) is 0. The third-order valence-corrected chi connectivity index (χ3v) is 3.51. The van der Waals surface area contributed by atoms with Crippen LogP contribution in [0, 0.1) is 0 Å². The zero-order valence-corrected chi connectivity index (χ0v) is 12.0. The Morgan fingerprint density at radius 2 is 1.61 bits per heavy atom. The van der Waals surface area contributed by atoms with Crippen LogP contribution in [0.1, 0.15) is 0 Å². The van der Waals surface area contributed by atoms with Crippen molar-refractivity contribution in [2.75, 3.05) is 13.2 Å². The normalized spacial score (nSPS) is 37.0. The first-order chi connectivity index (χ1) is 10.7. The first kappa shape index (κ1) is 20.3. The van der Waals surface area contributed by atoms with Crippen LogP contribution in [0.4, 0.5) is 0 Å². The van der Waals surface area contributed by atoms with Gasteiger partial charge in [-0.1, -0.05) is 0 Å². The van der Waals surface area contributed by atoms with Crippen LogP contribution in [0.2, 0.25) is 0 Å². The number of rotatable bonds is 8. The SMILES string of the molecule is O=C[C@H](O)[C@@H](O)[C@H](O)[C@H](O)CO[C@H]1O[C@@H](CO)[C@H](O)[C@@H](O)[C@@H]1O. The quantitative estimate of drug-likeness (QED) is 0.196. The Morgan fingerprint density at radius 3 is 2.13 bits per heavy atom. The van der Waals surface area contributed by atoms with Gasteiger partial charge in [-0.3, -0.25) is 0 Å². The van der Waals surface area contributed by atoms with E-state index in [-0.39, 0.29) is 6.29 Å². The van der Waals surface area contributed by atoms with Crippen molar-refractivity contribution in [3.05, 3.63) is 0 Å². The van der Waals surface area contributed by atoms with Crippen molar-refractivity contribution in [3.8, 4) is 0 Å². The zero-order chi connectivity index (χ0) is 17.7. The number of hydrogen-bond acceptors (Lipinski definition) is 11. The molecule has 9 atom stereocenters. The number of carbonyl (C=O) groups is 1. The lowest BCUT2D eigenvalue weighted by Gasteiger charge is -2.40. The summed E-state index contributed by atoms with van der Waals surface area (Å²) < 4.78 is 9.94. The molecule has 1 saturated heterocycles. The molecule has 1 fully saturated rings. The second-order valence-electron chi connectivity index (χ2n) is 5.21. The third kappa shape index (κ3) is 4.87. The average Bonchev–Trinajstić information content (AvgIpc) is 2.56. The van der Waals surface area contributed by atoms with Crippen LogP contribution in [-0.4, -0.2) is 115 Å². The summed E-state index contributed by atoms with van der Waals surface area (Å²) in [6, 6.07) is 0. The molecule has 0 saturated carbocycles. The zero-order valence-electron chi connectivity index (χ0n) is 12.0. The van der Waals surface area contributed by atoms with Gasteiger partial charge in [-0.15, -0.1) is 0 Å². The van der Waals surface area contributed by atoms with Gasteiger partial charge in [0.25, 0.3) is 0 Å². The molecule has 0 aromatic heterocycles. The lowest BCUT2D eigenvalue weighted by atomic mass is 9.99. The summed E-state index contributed by atoms with van der Waals surface area (Å²) in [6.45, 7) is -1.37. The van der Waals surface area contributed by atoms with Crippen LogP contribution in [0.3, 0.4) is 0 Å². The Labute approximate surface area is 130 Å². The highest BCUT2D eigenvalue weighted by molar-refractivity contribution is 5.56. The molecule has 0 bridgehead atoms. The molecular weight excluding hydrogens is 320 g/mol. The maximum Gasteiger partial charge on any atom is 0.186 e. The molecule has 0 aliphatic carbocycles. The van der Waals surface area contributed by atoms with E-state index in [1.54, 1.807) is 0 Å². The summed E-state index contributed by atoms with van der Waals surface area (Å²) >= 11 is 0. The number of aliphatic hydroxyl groups is 8. The first-order valence-corrected chi connectivity index (χ1v) is 6.84. The monoisotopic (exact) mass is 342 g/mol. The summed E-state index contributed by atoms with van der Waals surface area (Å²) in [5.74, 6) is 0. The second kappa shape index (κ2) is 8.94. The molecule has 1 aliphatic rings. The summed E-state index contributed by atoms with van der Waals surface area (Å²) in [4.78, 5) is 10.3. The predicted molar refractivity (Wildman–Crippen MR) is 69.8 cm³/mol. The fourth-order valence-corrected chi connectivity index (χ4v) is 2.01. The molecule has 8 N–H and O–H groups in total. The molecule has 11 heteroatoms. The second-order valence-corrected chi connectivity index (χ2v) is 5.21.